The molecular formula is C11H26N2OSi. The van der Waals surface area contributed by atoms with Crippen molar-refractivity contribution in [3.8, 4) is 0 Å². The second-order valence-corrected chi connectivity index (χ2v) is 6.66. The van der Waals surface area contributed by atoms with E-state index in [0.29, 0.717) is 0 Å². The fourth-order valence-corrected chi connectivity index (χ4v) is 2.94. The molecule has 0 aromatic carbocycles. The molecule has 0 saturated carbocycles. The first-order valence-electron chi connectivity index (χ1n) is 6.15. The smallest absolute Gasteiger partial charge is 0.162 e. The summed E-state index contributed by atoms with van der Waals surface area (Å²) in [5, 5.41) is 3.38. The highest BCUT2D eigenvalue weighted by atomic mass is 28.2. The molecule has 1 saturated heterocycles. The van der Waals surface area contributed by atoms with Gasteiger partial charge in [0.25, 0.3) is 0 Å². The van der Waals surface area contributed by atoms with Crippen LogP contribution in [0.3, 0.4) is 0 Å². The monoisotopic (exact) mass is 230 g/mol. The predicted octanol–water partition coefficient (Wildman–Crippen LogP) is 0.599. The maximum Gasteiger partial charge on any atom is 0.162 e. The van der Waals surface area contributed by atoms with Gasteiger partial charge in [0, 0.05) is 31.8 Å². The van der Waals surface area contributed by atoms with Crippen molar-refractivity contribution >= 4 is 9.76 Å². The zero-order valence-electron chi connectivity index (χ0n) is 10.5. The first-order valence-corrected chi connectivity index (χ1v) is 7.73. The molecular weight excluding hydrogens is 204 g/mol. The van der Waals surface area contributed by atoms with E-state index in [4.69, 9.17) is 4.43 Å². The van der Waals surface area contributed by atoms with Gasteiger partial charge < -0.3 is 14.6 Å². The molecule has 0 aromatic heterocycles. The standard InChI is InChI=1S/C11H26N2OSi/c1-11(2,3)14-15-10-4-7-13-8-5-12-6-9-13/h12H,4-10,15H2,1-3H3. The van der Waals surface area contributed by atoms with Crippen LogP contribution in [-0.2, 0) is 4.43 Å². The van der Waals surface area contributed by atoms with Gasteiger partial charge in [0.2, 0.25) is 0 Å². The summed E-state index contributed by atoms with van der Waals surface area (Å²) in [7, 11) is -0.282. The second kappa shape index (κ2) is 6.63. The Kier molecular flexibility index (Phi) is 5.82. The summed E-state index contributed by atoms with van der Waals surface area (Å²) < 4.78 is 5.83. The zero-order chi connectivity index (χ0) is 11.1. The van der Waals surface area contributed by atoms with Crippen molar-refractivity contribution in [2.75, 3.05) is 32.7 Å². The largest absolute Gasteiger partial charge is 0.419 e. The molecule has 90 valence electrons. The average Bonchev–Trinajstić information content (AvgIpc) is 2.17. The molecule has 1 aliphatic rings. The summed E-state index contributed by atoms with van der Waals surface area (Å²) >= 11 is 0. The van der Waals surface area contributed by atoms with Crippen LogP contribution in [0.15, 0.2) is 0 Å². The van der Waals surface area contributed by atoms with Crippen LogP contribution in [0.25, 0.3) is 0 Å². The van der Waals surface area contributed by atoms with Crippen LogP contribution in [0.5, 0.6) is 0 Å². The summed E-state index contributed by atoms with van der Waals surface area (Å²) in [5.74, 6) is 0. The van der Waals surface area contributed by atoms with Crippen LogP contribution >= 0.6 is 0 Å². The van der Waals surface area contributed by atoms with Gasteiger partial charge in [0.1, 0.15) is 0 Å². The van der Waals surface area contributed by atoms with Crippen LogP contribution < -0.4 is 5.32 Å². The fourth-order valence-electron chi connectivity index (χ4n) is 1.75. The minimum Gasteiger partial charge on any atom is -0.419 e. The Balaban J connectivity index is 1.92. The SMILES string of the molecule is CC(C)(C)O[SiH2]CCCN1CCNCC1. The fraction of sp³-hybridized carbons (Fsp3) is 1.00. The Bertz CT molecular complexity index is 164. The molecule has 4 heteroatoms. The van der Waals surface area contributed by atoms with E-state index in [2.05, 4.69) is 31.0 Å². The van der Waals surface area contributed by atoms with Crippen molar-refractivity contribution in [2.24, 2.45) is 0 Å². The predicted molar refractivity (Wildman–Crippen MR) is 68.1 cm³/mol. The summed E-state index contributed by atoms with van der Waals surface area (Å²) in [6, 6.07) is 1.32. The lowest BCUT2D eigenvalue weighted by molar-refractivity contribution is 0.137. The highest BCUT2D eigenvalue weighted by Crippen LogP contribution is 2.07. The van der Waals surface area contributed by atoms with Crippen molar-refractivity contribution in [2.45, 2.75) is 38.8 Å². The number of piperazine rings is 1. The summed E-state index contributed by atoms with van der Waals surface area (Å²) in [6.07, 6.45) is 1.32. The van der Waals surface area contributed by atoms with Crippen LogP contribution in [0.1, 0.15) is 27.2 Å². The third-order valence-corrected chi connectivity index (χ3v) is 4.47. The van der Waals surface area contributed by atoms with Crippen LogP contribution in [0.2, 0.25) is 6.04 Å². The molecule has 1 N–H and O–H groups in total. The molecule has 0 aromatic rings. The maximum atomic E-state index is 5.83. The van der Waals surface area contributed by atoms with Crippen LogP contribution in [0, 0.1) is 0 Å². The van der Waals surface area contributed by atoms with E-state index in [1.165, 1.54) is 32.1 Å². The molecule has 0 spiro atoms. The van der Waals surface area contributed by atoms with Crippen molar-refractivity contribution < 1.29 is 4.43 Å². The second-order valence-electron chi connectivity index (χ2n) is 5.26. The molecule has 0 atom stereocenters. The van der Waals surface area contributed by atoms with E-state index >= 15 is 0 Å². The van der Waals surface area contributed by atoms with E-state index in [9.17, 15) is 0 Å². The van der Waals surface area contributed by atoms with Gasteiger partial charge in [0.05, 0.1) is 0 Å². The van der Waals surface area contributed by atoms with Gasteiger partial charge in [-0.3, -0.25) is 0 Å². The van der Waals surface area contributed by atoms with Crippen molar-refractivity contribution in [3.63, 3.8) is 0 Å². The Morgan fingerprint density at radius 1 is 1.27 bits per heavy atom. The molecule has 1 fully saturated rings. The van der Waals surface area contributed by atoms with Crippen molar-refractivity contribution in [1.29, 1.82) is 0 Å². The lowest BCUT2D eigenvalue weighted by atomic mass is 10.2. The number of nitrogens with zero attached hydrogens (tertiary/aromatic N) is 1. The Hall–Kier alpha value is 0.0969. The zero-order valence-corrected chi connectivity index (χ0v) is 11.9. The van der Waals surface area contributed by atoms with Crippen molar-refractivity contribution in [1.82, 2.24) is 10.2 Å². The third kappa shape index (κ3) is 7.06. The highest BCUT2D eigenvalue weighted by molar-refractivity contribution is 6.27. The minimum absolute atomic E-state index is 0.0846. The highest BCUT2D eigenvalue weighted by Gasteiger charge is 2.10. The van der Waals surface area contributed by atoms with E-state index in [1.54, 1.807) is 0 Å². The average molecular weight is 230 g/mol. The summed E-state index contributed by atoms with van der Waals surface area (Å²) in [4.78, 5) is 2.56. The number of nitrogens with one attached hydrogen (secondary N) is 1. The molecule has 0 amide bonds. The topological polar surface area (TPSA) is 24.5 Å². The minimum atomic E-state index is -0.282. The molecule has 15 heavy (non-hydrogen) atoms. The lowest BCUT2D eigenvalue weighted by Crippen LogP contribution is -2.43. The molecule has 0 bridgehead atoms. The molecule has 1 aliphatic heterocycles. The van der Waals surface area contributed by atoms with E-state index < -0.39 is 0 Å². The van der Waals surface area contributed by atoms with Gasteiger partial charge in [-0.1, -0.05) is 0 Å². The molecule has 1 rings (SSSR count). The molecule has 0 unspecified atom stereocenters. The van der Waals surface area contributed by atoms with E-state index in [1.807, 2.05) is 0 Å². The molecule has 0 radical (unpaired) electrons. The first kappa shape index (κ1) is 13.2. The lowest BCUT2D eigenvalue weighted by Gasteiger charge is -2.27. The Labute approximate surface area is 96.5 Å². The Morgan fingerprint density at radius 2 is 1.93 bits per heavy atom. The van der Waals surface area contributed by atoms with Gasteiger partial charge in [-0.15, -0.1) is 0 Å². The van der Waals surface area contributed by atoms with Crippen LogP contribution in [0.4, 0.5) is 0 Å². The Morgan fingerprint density at radius 3 is 2.53 bits per heavy atom. The summed E-state index contributed by atoms with van der Waals surface area (Å²) in [6.45, 7) is 12.5. The molecule has 3 nitrogen and oxygen atoms in total. The number of hydrogen-bond acceptors (Lipinski definition) is 3. The van der Waals surface area contributed by atoms with Gasteiger partial charge in [-0.25, -0.2) is 0 Å². The maximum absolute atomic E-state index is 5.83. The molecule has 0 aliphatic carbocycles. The van der Waals surface area contributed by atoms with Gasteiger partial charge in [-0.05, 0) is 39.8 Å². The van der Waals surface area contributed by atoms with E-state index in [0.717, 1.165) is 13.1 Å². The van der Waals surface area contributed by atoms with Gasteiger partial charge in [-0.2, -0.15) is 0 Å². The number of hydrogen-bond donors (Lipinski definition) is 1. The normalized spacial score (nSPS) is 20.2. The third-order valence-electron chi connectivity index (χ3n) is 2.61. The van der Waals surface area contributed by atoms with Gasteiger partial charge in [0.15, 0.2) is 9.76 Å². The quantitative estimate of drug-likeness (QED) is 0.553. The number of rotatable bonds is 5. The van der Waals surface area contributed by atoms with Crippen LogP contribution in [-0.4, -0.2) is 53.0 Å². The van der Waals surface area contributed by atoms with Crippen molar-refractivity contribution in [3.05, 3.63) is 0 Å². The first-order chi connectivity index (χ1) is 7.08. The molecule has 1 heterocycles. The van der Waals surface area contributed by atoms with Gasteiger partial charge >= 0.3 is 0 Å². The summed E-state index contributed by atoms with van der Waals surface area (Å²) in [5.41, 5.74) is 0.0846. The van der Waals surface area contributed by atoms with E-state index in [-0.39, 0.29) is 15.4 Å².